The van der Waals surface area contributed by atoms with E-state index in [9.17, 15) is 22.4 Å². The zero-order valence-electron chi connectivity index (χ0n) is 11.3. The summed E-state index contributed by atoms with van der Waals surface area (Å²) in [7, 11) is 0. The van der Waals surface area contributed by atoms with E-state index in [0.717, 1.165) is 25.0 Å². The Morgan fingerprint density at radius 3 is 2.55 bits per heavy atom. The Balaban J connectivity index is 2.84. The van der Waals surface area contributed by atoms with Gasteiger partial charge in [0.1, 0.15) is 5.82 Å². The minimum absolute atomic E-state index is 0.0579. The molecule has 112 valence electrons. The molecule has 1 aromatic carbocycles. The van der Waals surface area contributed by atoms with E-state index in [2.05, 4.69) is 0 Å². The molecule has 20 heavy (non-hydrogen) atoms. The van der Waals surface area contributed by atoms with Gasteiger partial charge in [0.05, 0.1) is 17.7 Å². The van der Waals surface area contributed by atoms with E-state index >= 15 is 0 Å². The Labute approximate surface area is 114 Å². The minimum Gasteiger partial charge on any atom is -0.462 e. The summed E-state index contributed by atoms with van der Waals surface area (Å²) in [6.07, 6.45) is -3.12. The number of rotatable bonds is 5. The summed E-state index contributed by atoms with van der Waals surface area (Å²) in [5.41, 5.74) is -2.16. The zero-order valence-corrected chi connectivity index (χ0v) is 11.3. The normalized spacial score (nSPS) is 13.1. The first-order valence-electron chi connectivity index (χ1n) is 6.30. The van der Waals surface area contributed by atoms with E-state index in [1.54, 1.807) is 0 Å². The highest BCUT2D eigenvalue weighted by Gasteiger charge is 2.35. The maximum atomic E-state index is 13.7. The SMILES string of the molecule is CCCC(C)COC(=O)c1cccc(C(F)(F)F)c1F. The lowest BCUT2D eigenvalue weighted by atomic mass is 10.1. The van der Waals surface area contributed by atoms with Crippen molar-refractivity contribution in [3.05, 3.63) is 35.1 Å². The lowest BCUT2D eigenvalue weighted by molar-refractivity contribution is -0.140. The van der Waals surface area contributed by atoms with Gasteiger partial charge in [-0.2, -0.15) is 13.2 Å². The number of hydrogen-bond acceptors (Lipinski definition) is 2. The van der Waals surface area contributed by atoms with Gasteiger partial charge in [-0.1, -0.05) is 26.3 Å². The summed E-state index contributed by atoms with van der Waals surface area (Å²) < 4.78 is 56.1. The van der Waals surface area contributed by atoms with E-state index < -0.39 is 29.1 Å². The molecular formula is C14H16F4O2. The van der Waals surface area contributed by atoms with Crippen LogP contribution in [-0.4, -0.2) is 12.6 Å². The lowest BCUT2D eigenvalue weighted by Gasteiger charge is -2.13. The highest BCUT2D eigenvalue weighted by atomic mass is 19.4. The number of carbonyl (C=O) groups is 1. The zero-order chi connectivity index (χ0) is 15.3. The summed E-state index contributed by atoms with van der Waals surface area (Å²) in [6, 6.07) is 2.56. The molecule has 0 heterocycles. The number of ether oxygens (including phenoxy) is 1. The largest absolute Gasteiger partial charge is 0.462 e. The molecule has 0 saturated carbocycles. The van der Waals surface area contributed by atoms with Crippen LogP contribution >= 0.6 is 0 Å². The van der Waals surface area contributed by atoms with Crippen LogP contribution in [0.4, 0.5) is 17.6 Å². The van der Waals surface area contributed by atoms with Gasteiger partial charge >= 0.3 is 12.1 Å². The molecule has 0 bridgehead atoms. The van der Waals surface area contributed by atoms with Crippen LogP contribution in [0.3, 0.4) is 0 Å². The predicted octanol–water partition coefficient (Wildman–Crippen LogP) is 4.44. The molecule has 1 atom stereocenters. The predicted molar refractivity (Wildman–Crippen MR) is 65.8 cm³/mol. The average Bonchev–Trinajstić information content (AvgIpc) is 2.35. The second-order valence-electron chi connectivity index (χ2n) is 4.66. The van der Waals surface area contributed by atoms with Gasteiger partial charge in [-0.25, -0.2) is 9.18 Å². The van der Waals surface area contributed by atoms with Gasteiger partial charge in [-0.05, 0) is 24.5 Å². The fourth-order valence-corrected chi connectivity index (χ4v) is 1.78. The molecule has 0 aromatic heterocycles. The highest BCUT2D eigenvalue weighted by molar-refractivity contribution is 5.90. The monoisotopic (exact) mass is 292 g/mol. The average molecular weight is 292 g/mol. The topological polar surface area (TPSA) is 26.3 Å². The van der Waals surface area contributed by atoms with E-state index in [4.69, 9.17) is 4.74 Å². The van der Waals surface area contributed by atoms with Crippen LogP contribution in [0.25, 0.3) is 0 Å². The van der Waals surface area contributed by atoms with E-state index in [0.29, 0.717) is 6.07 Å². The smallest absolute Gasteiger partial charge is 0.419 e. The first-order valence-corrected chi connectivity index (χ1v) is 6.30. The summed E-state index contributed by atoms with van der Waals surface area (Å²) in [5.74, 6) is -2.58. The molecule has 1 aromatic rings. The first-order chi connectivity index (χ1) is 9.27. The molecule has 0 aliphatic carbocycles. The Hall–Kier alpha value is -1.59. The van der Waals surface area contributed by atoms with Crippen molar-refractivity contribution in [2.75, 3.05) is 6.61 Å². The van der Waals surface area contributed by atoms with Gasteiger partial charge in [0.2, 0.25) is 0 Å². The second kappa shape index (κ2) is 6.72. The van der Waals surface area contributed by atoms with E-state index in [-0.39, 0.29) is 12.5 Å². The lowest BCUT2D eigenvalue weighted by Crippen LogP contribution is -2.16. The fourth-order valence-electron chi connectivity index (χ4n) is 1.78. The van der Waals surface area contributed by atoms with Crippen LogP contribution in [0.2, 0.25) is 0 Å². The van der Waals surface area contributed by atoms with Crippen LogP contribution < -0.4 is 0 Å². The molecule has 0 fully saturated rings. The fraction of sp³-hybridized carbons (Fsp3) is 0.500. The van der Waals surface area contributed by atoms with Crippen LogP contribution in [0, 0.1) is 11.7 Å². The van der Waals surface area contributed by atoms with Crippen molar-refractivity contribution in [1.82, 2.24) is 0 Å². The molecule has 6 heteroatoms. The quantitative estimate of drug-likeness (QED) is 0.592. The van der Waals surface area contributed by atoms with Crippen molar-refractivity contribution in [3.8, 4) is 0 Å². The molecule has 0 aliphatic rings. The Morgan fingerprint density at radius 2 is 2.00 bits per heavy atom. The number of esters is 1. The molecule has 2 nitrogen and oxygen atoms in total. The van der Waals surface area contributed by atoms with Crippen molar-refractivity contribution in [2.24, 2.45) is 5.92 Å². The number of alkyl halides is 3. The van der Waals surface area contributed by atoms with Crippen molar-refractivity contribution >= 4 is 5.97 Å². The van der Waals surface area contributed by atoms with Gasteiger partial charge in [0.15, 0.2) is 0 Å². The third-order valence-corrected chi connectivity index (χ3v) is 2.80. The molecule has 0 aliphatic heterocycles. The first kappa shape index (κ1) is 16.5. The third-order valence-electron chi connectivity index (χ3n) is 2.80. The second-order valence-corrected chi connectivity index (χ2v) is 4.66. The Bertz CT molecular complexity index is 469. The van der Waals surface area contributed by atoms with Crippen molar-refractivity contribution < 1.29 is 27.1 Å². The highest BCUT2D eigenvalue weighted by Crippen LogP contribution is 2.32. The van der Waals surface area contributed by atoms with Crippen molar-refractivity contribution in [3.63, 3.8) is 0 Å². The third kappa shape index (κ3) is 4.21. The Kier molecular flexibility index (Phi) is 5.53. The maximum absolute atomic E-state index is 13.7. The van der Waals surface area contributed by atoms with Crippen molar-refractivity contribution in [2.45, 2.75) is 32.9 Å². The van der Waals surface area contributed by atoms with Gasteiger partial charge in [-0.15, -0.1) is 0 Å². The van der Waals surface area contributed by atoms with Crippen LogP contribution in [0.15, 0.2) is 18.2 Å². The number of hydrogen-bond donors (Lipinski definition) is 0. The van der Waals surface area contributed by atoms with Gasteiger partial charge in [0, 0.05) is 0 Å². The van der Waals surface area contributed by atoms with Crippen LogP contribution in [0.5, 0.6) is 0 Å². The van der Waals surface area contributed by atoms with Crippen LogP contribution in [-0.2, 0) is 10.9 Å². The molecule has 1 rings (SSSR count). The molecule has 0 radical (unpaired) electrons. The molecule has 0 N–H and O–H groups in total. The summed E-state index contributed by atoms with van der Waals surface area (Å²) in [4.78, 5) is 11.6. The Morgan fingerprint density at radius 1 is 1.35 bits per heavy atom. The molecule has 0 saturated heterocycles. The molecule has 0 spiro atoms. The van der Waals surface area contributed by atoms with E-state index in [1.165, 1.54) is 0 Å². The number of benzene rings is 1. The van der Waals surface area contributed by atoms with E-state index in [1.807, 2.05) is 13.8 Å². The maximum Gasteiger partial charge on any atom is 0.419 e. The standard InChI is InChI=1S/C14H16F4O2/c1-3-5-9(2)8-20-13(19)10-6-4-7-11(12(10)15)14(16,17)18/h4,6-7,9H,3,5,8H2,1-2H3. The number of carbonyl (C=O) groups excluding carboxylic acids is 1. The molecule has 1 unspecified atom stereocenters. The molecular weight excluding hydrogens is 276 g/mol. The summed E-state index contributed by atoms with van der Waals surface area (Å²) in [5, 5.41) is 0. The summed E-state index contributed by atoms with van der Waals surface area (Å²) in [6.45, 7) is 3.87. The number of halogens is 4. The molecule has 0 amide bonds. The van der Waals surface area contributed by atoms with Gasteiger partial charge in [-0.3, -0.25) is 0 Å². The van der Waals surface area contributed by atoms with Crippen LogP contribution in [0.1, 0.15) is 42.6 Å². The van der Waals surface area contributed by atoms with Crippen molar-refractivity contribution in [1.29, 1.82) is 0 Å². The van der Waals surface area contributed by atoms with Gasteiger partial charge < -0.3 is 4.74 Å². The van der Waals surface area contributed by atoms with Gasteiger partial charge in [0.25, 0.3) is 0 Å². The summed E-state index contributed by atoms with van der Waals surface area (Å²) >= 11 is 0. The minimum atomic E-state index is -4.84.